The third-order valence-corrected chi connectivity index (χ3v) is 3.39. The van der Waals surface area contributed by atoms with Crippen molar-refractivity contribution in [3.05, 3.63) is 60.2 Å². The maximum absolute atomic E-state index is 5.25. The molecule has 0 aliphatic heterocycles. The van der Waals surface area contributed by atoms with Crippen LogP contribution in [0.4, 0.5) is 5.69 Å². The number of thiocarbonyl (C=S) groups is 2. The average molecular weight is 346 g/mol. The van der Waals surface area contributed by atoms with Crippen molar-refractivity contribution in [1.29, 1.82) is 0 Å². The van der Waals surface area contributed by atoms with E-state index in [1.54, 1.807) is 7.11 Å². The molecule has 0 radical (unpaired) electrons. The molecule has 0 aromatic heterocycles. The molecule has 2 aromatic rings. The van der Waals surface area contributed by atoms with Gasteiger partial charge < -0.3 is 15.4 Å². The summed E-state index contributed by atoms with van der Waals surface area (Å²) in [6.45, 7) is 0.640. The summed E-state index contributed by atoms with van der Waals surface area (Å²) in [5.74, 6) is 0.710. The molecule has 23 heavy (non-hydrogen) atoms. The molecule has 0 spiro atoms. The molecular weight excluding hydrogens is 328 g/mol. The number of benzene rings is 2. The van der Waals surface area contributed by atoms with Crippen molar-refractivity contribution in [3.63, 3.8) is 0 Å². The molecule has 0 bridgehead atoms. The average Bonchev–Trinajstić information content (AvgIpc) is 2.59. The Morgan fingerprint density at radius 2 is 1.57 bits per heavy atom. The number of anilines is 1. The van der Waals surface area contributed by atoms with E-state index < -0.39 is 0 Å². The van der Waals surface area contributed by atoms with Gasteiger partial charge in [0.05, 0.1) is 12.8 Å². The van der Waals surface area contributed by atoms with Crippen molar-refractivity contribution in [2.24, 2.45) is 0 Å². The topological polar surface area (TPSA) is 57.4 Å². The highest BCUT2D eigenvalue weighted by Gasteiger charge is 2.03. The molecule has 0 saturated heterocycles. The molecule has 0 unspecified atom stereocenters. The van der Waals surface area contributed by atoms with Gasteiger partial charge >= 0.3 is 0 Å². The standard InChI is InChI=1S/C16H18N4OS2/c1-21-14-10-6-5-9-13(14)18-16(23)20-19-15(22)17-11-12-7-3-2-4-8-12/h2-10H,11H2,1H3,(H2,17,19,22)(H2,18,20,23). The Hall–Kier alpha value is -2.38. The molecule has 7 heteroatoms. The second kappa shape index (κ2) is 8.92. The van der Waals surface area contributed by atoms with E-state index in [2.05, 4.69) is 21.5 Å². The third-order valence-electron chi connectivity index (χ3n) is 2.94. The van der Waals surface area contributed by atoms with Crippen molar-refractivity contribution < 1.29 is 4.74 Å². The fraction of sp³-hybridized carbons (Fsp3) is 0.125. The van der Waals surface area contributed by atoms with Gasteiger partial charge in [0.1, 0.15) is 5.75 Å². The first kappa shape index (κ1) is 17.0. The highest BCUT2D eigenvalue weighted by Crippen LogP contribution is 2.22. The molecule has 0 atom stereocenters. The lowest BCUT2D eigenvalue weighted by Crippen LogP contribution is -2.48. The number of ether oxygens (including phenoxy) is 1. The quantitative estimate of drug-likeness (QED) is 0.501. The van der Waals surface area contributed by atoms with Crippen LogP contribution in [0.15, 0.2) is 54.6 Å². The van der Waals surface area contributed by atoms with Crippen LogP contribution in [-0.4, -0.2) is 17.3 Å². The monoisotopic (exact) mass is 346 g/mol. The Kier molecular flexibility index (Phi) is 6.58. The van der Waals surface area contributed by atoms with Crippen molar-refractivity contribution >= 4 is 40.3 Å². The van der Waals surface area contributed by atoms with Gasteiger partial charge in [-0.2, -0.15) is 0 Å². The number of nitrogens with one attached hydrogen (secondary N) is 4. The van der Waals surface area contributed by atoms with Crippen LogP contribution in [0.25, 0.3) is 0 Å². The van der Waals surface area contributed by atoms with Gasteiger partial charge in [-0.25, -0.2) is 0 Å². The van der Waals surface area contributed by atoms with Crippen molar-refractivity contribution in [3.8, 4) is 5.75 Å². The van der Waals surface area contributed by atoms with E-state index in [1.165, 1.54) is 0 Å². The van der Waals surface area contributed by atoms with Crippen LogP contribution < -0.4 is 26.2 Å². The van der Waals surface area contributed by atoms with Gasteiger partial charge in [-0.05, 0) is 42.1 Å². The molecule has 0 amide bonds. The highest BCUT2D eigenvalue weighted by molar-refractivity contribution is 7.80. The molecule has 0 heterocycles. The van der Waals surface area contributed by atoms with E-state index in [4.69, 9.17) is 29.2 Å². The molecule has 120 valence electrons. The zero-order valence-corrected chi connectivity index (χ0v) is 14.3. The second-order valence-corrected chi connectivity index (χ2v) is 5.39. The normalized spacial score (nSPS) is 9.61. The predicted molar refractivity (Wildman–Crippen MR) is 101 cm³/mol. The van der Waals surface area contributed by atoms with Crippen molar-refractivity contribution in [1.82, 2.24) is 16.2 Å². The molecule has 0 saturated carbocycles. The minimum atomic E-state index is 0.387. The van der Waals surface area contributed by atoms with Gasteiger partial charge in [-0.1, -0.05) is 42.5 Å². The fourth-order valence-electron chi connectivity index (χ4n) is 1.84. The number of para-hydroxylation sites is 2. The third kappa shape index (κ3) is 5.72. The molecular formula is C16H18N4OS2. The van der Waals surface area contributed by atoms with E-state index in [9.17, 15) is 0 Å². The summed E-state index contributed by atoms with van der Waals surface area (Å²) < 4.78 is 5.25. The van der Waals surface area contributed by atoms with E-state index in [-0.39, 0.29) is 0 Å². The van der Waals surface area contributed by atoms with Crippen LogP contribution in [0.3, 0.4) is 0 Å². The summed E-state index contributed by atoms with van der Waals surface area (Å²) in [5, 5.41) is 6.97. The Bertz CT molecular complexity index is 664. The van der Waals surface area contributed by atoms with Crippen molar-refractivity contribution in [2.45, 2.75) is 6.54 Å². The first-order valence-electron chi connectivity index (χ1n) is 6.97. The van der Waals surface area contributed by atoms with Crippen LogP contribution in [0.5, 0.6) is 5.75 Å². The largest absolute Gasteiger partial charge is 0.495 e. The SMILES string of the molecule is COc1ccccc1NC(=S)NNC(=S)NCc1ccccc1. The van der Waals surface area contributed by atoms with E-state index in [0.29, 0.717) is 22.5 Å². The zero-order chi connectivity index (χ0) is 16.5. The second-order valence-electron chi connectivity index (χ2n) is 4.57. The van der Waals surface area contributed by atoms with E-state index >= 15 is 0 Å². The molecule has 2 rings (SSSR count). The summed E-state index contributed by atoms with van der Waals surface area (Å²) in [6, 6.07) is 17.5. The molecule has 0 aliphatic rings. The predicted octanol–water partition coefficient (Wildman–Crippen LogP) is 2.56. The lowest BCUT2D eigenvalue weighted by Gasteiger charge is -2.15. The van der Waals surface area contributed by atoms with Crippen LogP contribution >= 0.6 is 24.4 Å². The summed E-state index contributed by atoms with van der Waals surface area (Å²) in [7, 11) is 1.61. The first-order chi connectivity index (χ1) is 11.2. The van der Waals surface area contributed by atoms with Crippen LogP contribution in [0, 0.1) is 0 Å². The van der Waals surface area contributed by atoms with Gasteiger partial charge in [0.2, 0.25) is 0 Å². The number of methoxy groups -OCH3 is 1. The van der Waals surface area contributed by atoms with Gasteiger partial charge in [0.15, 0.2) is 10.2 Å². The molecule has 0 aliphatic carbocycles. The Labute approximate surface area is 146 Å². The van der Waals surface area contributed by atoms with Gasteiger partial charge in [0, 0.05) is 6.54 Å². The van der Waals surface area contributed by atoms with Crippen LogP contribution in [0.1, 0.15) is 5.56 Å². The minimum Gasteiger partial charge on any atom is -0.495 e. The summed E-state index contributed by atoms with van der Waals surface area (Å²) in [6.07, 6.45) is 0. The Morgan fingerprint density at radius 3 is 2.30 bits per heavy atom. The number of hydrazine groups is 1. The molecule has 4 N–H and O–H groups in total. The van der Waals surface area contributed by atoms with E-state index in [0.717, 1.165) is 11.3 Å². The number of hydrogen-bond acceptors (Lipinski definition) is 3. The number of rotatable bonds is 4. The zero-order valence-electron chi connectivity index (χ0n) is 12.6. The lowest BCUT2D eigenvalue weighted by atomic mass is 10.2. The smallest absolute Gasteiger partial charge is 0.189 e. The summed E-state index contributed by atoms with van der Waals surface area (Å²) in [4.78, 5) is 0. The Balaban J connectivity index is 1.74. The maximum atomic E-state index is 5.25. The molecule has 5 nitrogen and oxygen atoms in total. The van der Waals surface area contributed by atoms with Crippen LogP contribution in [0.2, 0.25) is 0 Å². The minimum absolute atomic E-state index is 0.387. The van der Waals surface area contributed by atoms with Gasteiger partial charge in [-0.3, -0.25) is 10.9 Å². The molecule has 0 fully saturated rings. The van der Waals surface area contributed by atoms with E-state index in [1.807, 2.05) is 54.6 Å². The first-order valence-corrected chi connectivity index (χ1v) is 7.78. The highest BCUT2D eigenvalue weighted by atomic mass is 32.1. The van der Waals surface area contributed by atoms with Crippen LogP contribution in [-0.2, 0) is 6.54 Å². The van der Waals surface area contributed by atoms with Gasteiger partial charge in [0.25, 0.3) is 0 Å². The maximum Gasteiger partial charge on any atom is 0.189 e. The Morgan fingerprint density at radius 1 is 0.913 bits per heavy atom. The summed E-state index contributed by atoms with van der Waals surface area (Å²) >= 11 is 10.4. The summed E-state index contributed by atoms with van der Waals surface area (Å²) in [5.41, 5.74) is 7.59. The lowest BCUT2D eigenvalue weighted by molar-refractivity contribution is 0.417. The fourth-order valence-corrected chi connectivity index (χ4v) is 2.12. The van der Waals surface area contributed by atoms with Crippen molar-refractivity contribution in [2.75, 3.05) is 12.4 Å². The van der Waals surface area contributed by atoms with Gasteiger partial charge in [-0.15, -0.1) is 0 Å². The number of hydrogen-bond donors (Lipinski definition) is 4. The molecule has 2 aromatic carbocycles.